The molecule has 0 aliphatic carbocycles. The van der Waals surface area contributed by atoms with E-state index < -0.39 is 12.1 Å². The van der Waals surface area contributed by atoms with Crippen molar-refractivity contribution in [3.8, 4) is 0 Å². The Hall–Kier alpha value is -2.17. The van der Waals surface area contributed by atoms with E-state index in [1.165, 1.54) is 148 Å². The summed E-state index contributed by atoms with van der Waals surface area (Å²) in [5.41, 5.74) is 0. The summed E-state index contributed by atoms with van der Waals surface area (Å²) in [6.45, 7) is 4.18. The maximum atomic E-state index is 12.4. The highest BCUT2D eigenvalue weighted by Gasteiger charge is 2.17. The number of amides is 1. The third kappa shape index (κ3) is 42.8. The number of aliphatic hydroxyl groups excluding tert-OH is 2. The lowest BCUT2D eigenvalue weighted by Gasteiger charge is -2.19. The van der Waals surface area contributed by atoms with Crippen LogP contribution >= 0.6 is 0 Å². The van der Waals surface area contributed by atoms with Gasteiger partial charge in [-0.1, -0.05) is 222 Å². The molecule has 3 N–H and O–H groups in total. The molecule has 4 nitrogen and oxygen atoms in total. The van der Waals surface area contributed by atoms with Crippen molar-refractivity contribution in [2.45, 2.75) is 238 Å². The van der Waals surface area contributed by atoms with Gasteiger partial charge < -0.3 is 15.5 Å². The zero-order chi connectivity index (χ0) is 40.0. The molecule has 2 unspecified atom stereocenters. The summed E-state index contributed by atoms with van der Waals surface area (Å²) in [6.07, 6.45) is 65.9. The molecule has 0 aromatic heterocycles. The monoisotopic (exact) mass is 766 g/mol. The Bertz CT molecular complexity index is 961. The van der Waals surface area contributed by atoms with Gasteiger partial charge in [0.1, 0.15) is 0 Å². The first-order valence-electron chi connectivity index (χ1n) is 23.7. The van der Waals surface area contributed by atoms with Crippen molar-refractivity contribution in [3.05, 3.63) is 72.9 Å². The molecule has 1 amide bonds. The summed E-state index contributed by atoms with van der Waals surface area (Å²) < 4.78 is 0. The third-order valence-electron chi connectivity index (χ3n) is 10.4. The van der Waals surface area contributed by atoms with Crippen molar-refractivity contribution in [3.63, 3.8) is 0 Å². The maximum Gasteiger partial charge on any atom is 0.220 e. The molecule has 0 saturated heterocycles. The Morgan fingerprint density at radius 3 is 1.27 bits per heavy atom. The number of nitrogens with one attached hydrogen (secondary N) is 1. The van der Waals surface area contributed by atoms with E-state index in [2.05, 4.69) is 79.9 Å². The molecule has 0 aliphatic rings. The lowest BCUT2D eigenvalue weighted by atomic mass is 10.0. The van der Waals surface area contributed by atoms with Crippen LogP contribution in [0.25, 0.3) is 0 Å². The van der Waals surface area contributed by atoms with Gasteiger partial charge in [-0.2, -0.15) is 0 Å². The van der Waals surface area contributed by atoms with Crippen LogP contribution < -0.4 is 5.32 Å². The average molecular weight is 766 g/mol. The van der Waals surface area contributed by atoms with Gasteiger partial charge in [-0.15, -0.1) is 0 Å². The number of unbranched alkanes of at least 4 members (excludes halogenated alkanes) is 25. The van der Waals surface area contributed by atoms with Crippen molar-refractivity contribution >= 4 is 5.91 Å². The summed E-state index contributed by atoms with van der Waals surface area (Å²) in [6, 6.07) is -0.641. The number of hydrogen-bond donors (Lipinski definition) is 3. The van der Waals surface area contributed by atoms with Crippen LogP contribution in [0, 0.1) is 0 Å². The van der Waals surface area contributed by atoms with Gasteiger partial charge in [-0.05, 0) is 70.6 Å². The van der Waals surface area contributed by atoms with Crippen LogP contribution in [0.3, 0.4) is 0 Å². The molecule has 4 heteroatoms. The van der Waals surface area contributed by atoms with Crippen LogP contribution in [0.4, 0.5) is 0 Å². The van der Waals surface area contributed by atoms with Gasteiger partial charge in [0.05, 0.1) is 18.8 Å². The molecule has 55 heavy (non-hydrogen) atoms. The second-order valence-corrected chi connectivity index (χ2v) is 15.8. The lowest BCUT2D eigenvalue weighted by Crippen LogP contribution is -2.45. The molecule has 0 rings (SSSR count). The van der Waals surface area contributed by atoms with Crippen molar-refractivity contribution in [2.75, 3.05) is 6.61 Å². The van der Waals surface area contributed by atoms with Crippen molar-refractivity contribution in [1.29, 1.82) is 0 Å². The van der Waals surface area contributed by atoms with Gasteiger partial charge in [0.25, 0.3) is 0 Å². The topological polar surface area (TPSA) is 69.6 Å². The Morgan fingerprint density at radius 1 is 0.455 bits per heavy atom. The molecule has 0 bridgehead atoms. The minimum Gasteiger partial charge on any atom is -0.394 e. The second kappa shape index (κ2) is 46.2. The quantitative estimate of drug-likeness (QED) is 0.0428. The summed E-state index contributed by atoms with van der Waals surface area (Å²) in [4.78, 5) is 12.4. The van der Waals surface area contributed by atoms with E-state index in [-0.39, 0.29) is 12.5 Å². The summed E-state index contributed by atoms with van der Waals surface area (Å²) in [5, 5.41) is 23.0. The zero-order valence-corrected chi connectivity index (χ0v) is 36.4. The summed E-state index contributed by atoms with van der Waals surface area (Å²) in [7, 11) is 0. The summed E-state index contributed by atoms with van der Waals surface area (Å²) in [5.74, 6) is -0.0766. The molecule has 0 radical (unpaired) electrons. The molecule has 2 atom stereocenters. The summed E-state index contributed by atoms with van der Waals surface area (Å²) >= 11 is 0. The van der Waals surface area contributed by atoms with Crippen LogP contribution in [0.5, 0.6) is 0 Å². The van der Waals surface area contributed by atoms with Crippen molar-refractivity contribution in [2.24, 2.45) is 0 Å². The van der Waals surface area contributed by atoms with E-state index in [0.717, 1.165) is 57.8 Å². The number of allylic oxidation sites excluding steroid dienone is 11. The smallest absolute Gasteiger partial charge is 0.220 e. The Balaban J connectivity index is 3.57. The Kier molecular flexibility index (Phi) is 44.4. The van der Waals surface area contributed by atoms with Crippen molar-refractivity contribution < 1.29 is 15.0 Å². The maximum absolute atomic E-state index is 12.4. The first-order valence-corrected chi connectivity index (χ1v) is 23.7. The first-order chi connectivity index (χ1) is 27.2. The minimum atomic E-state index is -0.864. The highest BCUT2D eigenvalue weighted by atomic mass is 16.3. The molecular weight excluding hydrogens is 675 g/mol. The van der Waals surface area contributed by atoms with E-state index in [1.54, 1.807) is 6.08 Å². The van der Waals surface area contributed by atoms with E-state index in [4.69, 9.17) is 0 Å². The average Bonchev–Trinajstić information content (AvgIpc) is 3.19. The predicted octanol–water partition coefficient (Wildman–Crippen LogP) is 15.1. The number of rotatable bonds is 42. The fourth-order valence-corrected chi connectivity index (χ4v) is 6.83. The number of carbonyl (C=O) groups is 1. The Morgan fingerprint density at radius 2 is 0.818 bits per heavy atom. The van der Waals surface area contributed by atoms with Gasteiger partial charge in [-0.25, -0.2) is 0 Å². The zero-order valence-electron chi connectivity index (χ0n) is 36.4. The van der Waals surface area contributed by atoms with Crippen LogP contribution in [0.2, 0.25) is 0 Å². The van der Waals surface area contributed by atoms with Gasteiger partial charge in [0.15, 0.2) is 0 Å². The van der Waals surface area contributed by atoms with Gasteiger partial charge >= 0.3 is 0 Å². The van der Waals surface area contributed by atoms with E-state index >= 15 is 0 Å². The van der Waals surface area contributed by atoms with Gasteiger partial charge in [0.2, 0.25) is 5.91 Å². The molecule has 0 aromatic carbocycles. The standard InChI is InChI=1S/C51H91NO3/c1-3-5-7-9-11-13-15-17-19-21-22-23-24-25-26-27-28-29-30-31-33-35-37-39-41-43-45-47-51(55)52-49(48-53)50(54)46-44-42-40-38-36-34-32-20-18-16-14-12-10-8-6-4-2/h5,7,11,13,17,19,22-23,36,38,44,46,49-50,53-54H,3-4,6,8-10,12,14-16,18,20-21,24-35,37,39-43,45,47-48H2,1-2H3,(H,52,55)/b7-5-,13-11-,19-17-,23-22-,38-36+,46-44+. The molecule has 318 valence electrons. The largest absolute Gasteiger partial charge is 0.394 e. The van der Waals surface area contributed by atoms with E-state index in [1.807, 2.05) is 6.08 Å². The highest BCUT2D eigenvalue weighted by Crippen LogP contribution is 2.15. The van der Waals surface area contributed by atoms with Crippen LogP contribution in [0.15, 0.2) is 72.9 Å². The molecule has 0 aromatic rings. The molecule has 0 aliphatic heterocycles. The fraction of sp³-hybridized carbons (Fsp3) is 0.745. The third-order valence-corrected chi connectivity index (χ3v) is 10.4. The Labute approximate surface area is 342 Å². The highest BCUT2D eigenvalue weighted by molar-refractivity contribution is 5.76. The van der Waals surface area contributed by atoms with Crippen molar-refractivity contribution in [1.82, 2.24) is 5.32 Å². The molecule has 0 spiro atoms. The van der Waals surface area contributed by atoms with Crippen LogP contribution in [-0.4, -0.2) is 34.9 Å². The molecule has 0 heterocycles. The second-order valence-electron chi connectivity index (χ2n) is 15.8. The number of aliphatic hydroxyl groups is 2. The van der Waals surface area contributed by atoms with Gasteiger partial charge in [0, 0.05) is 6.42 Å². The van der Waals surface area contributed by atoms with Gasteiger partial charge in [-0.3, -0.25) is 4.79 Å². The van der Waals surface area contributed by atoms with E-state index in [0.29, 0.717) is 6.42 Å². The minimum absolute atomic E-state index is 0.0766. The number of hydrogen-bond acceptors (Lipinski definition) is 3. The molecule has 0 fully saturated rings. The lowest BCUT2D eigenvalue weighted by molar-refractivity contribution is -0.123. The normalized spacial score (nSPS) is 13.6. The number of carbonyl (C=O) groups excluding carboxylic acids is 1. The van der Waals surface area contributed by atoms with Crippen LogP contribution in [0.1, 0.15) is 226 Å². The first kappa shape index (κ1) is 52.8. The van der Waals surface area contributed by atoms with E-state index in [9.17, 15) is 15.0 Å². The van der Waals surface area contributed by atoms with Crippen LogP contribution in [-0.2, 0) is 4.79 Å². The predicted molar refractivity (Wildman–Crippen MR) is 244 cm³/mol. The fourth-order valence-electron chi connectivity index (χ4n) is 6.83. The molecular formula is C51H91NO3. The molecule has 0 saturated carbocycles. The SMILES string of the molecule is CC/C=C\C/C=C\C/C=C\C/C=C\CCCCCCCCCCCCCCCCC(=O)NC(CO)C(O)/C=C/CC/C=C/CCCCCCCCCCCC.